The highest BCUT2D eigenvalue weighted by atomic mass is 34.1. The fourth-order valence-electron chi connectivity index (χ4n) is 1.67. The molecule has 0 amide bonds. The second kappa shape index (κ2) is 12.6. The first kappa shape index (κ1) is 29.3. The molecule has 1 aromatic carbocycles. The number of carbonyl (C=O) groups is 1. The van der Waals surface area contributed by atoms with Crippen molar-refractivity contribution in [2.75, 3.05) is 19.8 Å². The van der Waals surface area contributed by atoms with Gasteiger partial charge in [0.2, 0.25) is 0 Å². The van der Waals surface area contributed by atoms with Gasteiger partial charge in [0.05, 0.1) is 11.5 Å². The lowest BCUT2D eigenvalue weighted by Crippen LogP contribution is -2.37. The Bertz CT molecular complexity index is 1060. The van der Waals surface area contributed by atoms with Crippen molar-refractivity contribution in [1.82, 2.24) is 0 Å². The molecule has 1 N–H and O–H groups in total. The largest absolute Gasteiger partial charge is 0.490 e. The smallest absolute Gasteiger partial charge is 0.343 e. The summed E-state index contributed by atoms with van der Waals surface area (Å²) in [6, 6.07) is 8.92. The predicted molar refractivity (Wildman–Crippen MR) is 152 cm³/mol. The molecule has 0 aliphatic heterocycles. The number of thiol groups is 2. The number of hydrogen-bond donors (Lipinski definition) is 3. The van der Waals surface area contributed by atoms with Gasteiger partial charge >= 0.3 is 5.97 Å². The van der Waals surface area contributed by atoms with E-state index in [1.54, 1.807) is 24.3 Å². The van der Waals surface area contributed by atoms with E-state index in [9.17, 15) is 9.90 Å². The number of aliphatic hydroxyl groups is 1. The number of aliphatic hydroxyl groups excluding tert-OH is 1. The van der Waals surface area contributed by atoms with Crippen LogP contribution in [0.3, 0.4) is 0 Å². The second-order valence-corrected chi connectivity index (χ2v) is 35.8. The minimum absolute atomic E-state index is 0.0672. The summed E-state index contributed by atoms with van der Waals surface area (Å²) in [6.07, 6.45) is -3.90. The third-order valence-corrected chi connectivity index (χ3v) is 43.2. The van der Waals surface area contributed by atoms with Gasteiger partial charge in [0.1, 0.15) is 25.1 Å². The minimum atomic E-state index is -2.73. The number of para-hydroxylation sites is 1. The average molecular weight is 619 g/mol. The molecular weight excluding hydrogens is 601 g/mol. The zero-order valence-corrected chi connectivity index (χ0v) is 24.2. The predicted octanol–water partition coefficient (Wildman–Crippen LogP) is 1.66. The minimum Gasteiger partial charge on any atom is -0.490 e. The topological polar surface area (TPSA) is 65.0 Å². The Hall–Kier alpha value is 1.22. The van der Waals surface area contributed by atoms with E-state index in [1.807, 2.05) is 6.07 Å². The van der Waals surface area contributed by atoms with Crippen LogP contribution in [0.25, 0.3) is 0 Å². The molecule has 170 valence electrons. The third-order valence-electron chi connectivity index (χ3n) is 3.11. The fourth-order valence-corrected chi connectivity index (χ4v) is 27.6. The van der Waals surface area contributed by atoms with E-state index in [4.69, 9.17) is 81.3 Å². The van der Waals surface area contributed by atoms with Crippen LogP contribution in [0.2, 0.25) is 0 Å². The monoisotopic (exact) mass is 618 g/mol. The quantitative estimate of drug-likeness (QED) is 0.139. The molecule has 30 heavy (non-hydrogen) atoms. The summed E-state index contributed by atoms with van der Waals surface area (Å²) in [5.41, 5.74) is -0.928. The number of ether oxygens (including phenoxy) is 3. The van der Waals surface area contributed by atoms with Crippen molar-refractivity contribution in [1.29, 1.82) is 0 Å². The van der Waals surface area contributed by atoms with E-state index in [1.165, 1.54) is 0 Å². The lowest BCUT2D eigenvalue weighted by molar-refractivity contribution is -0.142. The summed E-state index contributed by atoms with van der Waals surface area (Å²) in [5, 5.41) is 4.85. The highest BCUT2D eigenvalue weighted by molar-refractivity contribution is 9.46. The molecule has 0 aliphatic carbocycles. The Balaban J connectivity index is 3.01. The van der Waals surface area contributed by atoms with E-state index < -0.39 is 34.1 Å². The van der Waals surface area contributed by atoms with Crippen molar-refractivity contribution in [2.45, 2.75) is 11.5 Å². The fraction of sp³-hybridized carbons (Fsp3) is 0.357. The first-order chi connectivity index (χ1) is 13.7. The number of benzene rings is 1. The summed E-state index contributed by atoms with van der Waals surface area (Å²) in [6.45, 7) is 2.66. The standard InChI is InChI=1S/C14H18O5S11/c1-10(20)14(16)19-8-11(15)7-18-13(9-17-12-5-3-2-4-6-12)28(21,22)30(26,27)29(23,24)25/h2-6,11,13,15,20H,1,7-9H2,(H,23,24,25). The molecule has 0 heterocycles. The molecule has 0 fully saturated rings. The Morgan fingerprint density at radius 1 is 1.07 bits per heavy atom. The van der Waals surface area contributed by atoms with Gasteiger partial charge in [0, 0.05) is 16.6 Å². The van der Waals surface area contributed by atoms with Crippen molar-refractivity contribution in [2.24, 2.45) is 0 Å². The Morgan fingerprint density at radius 3 is 2.13 bits per heavy atom. The zero-order valence-electron chi connectivity index (χ0n) is 15.0. The van der Waals surface area contributed by atoms with E-state index in [0.29, 0.717) is 5.75 Å². The lowest BCUT2D eigenvalue weighted by atomic mass is 10.3. The van der Waals surface area contributed by atoms with Crippen LogP contribution in [0.15, 0.2) is 41.8 Å². The van der Waals surface area contributed by atoms with Gasteiger partial charge in [0.25, 0.3) is 0 Å². The molecule has 0 aliphatic rings. The number of carbonyl (C=O) groups excluding carboxylic acids is 1. The molecule has 16 heteroatoms. The summed E-state index contributed by atoms with van der Waals surface area (Å²) >= 11 is 40.8. The van der Waals surface area contributed by atoms with Crippen LogP contribution < -0.4 is 4.74 Å². The molecule has 2 atom stereocenters. The van der Waals surface area contributed by atoms with Gasteiger partial charge in [-0.2, -0.15) is 0 Å². The molecule has 0 bridgehead atoms. The van der Waals surface area contributed by atoms with Gasteiger partial charge in [-0.05, 0) is 79.3 Å². The van der Waals surface area contributed by atoms with Gasteiger partial charge in [-0.25, -0.2) is 4.79 Å². The number of esters is 1. The van der Waals surface area contributed by atoms with Crippen LogP contribution >= 0.6 is 24.3 Å². The van der Waals surface area contributed by atoms with Crippen LogP contribution in [0.5, 0.6) is 5.75 Å². The van der Waals surface area contributed by atoms with E-state index in [2.05, 4.69) is 30.9 Å². The summed E-state index contributed by atoms with van der Waals surface area (Å²) in [5.74, 6) is -0.197. The Morgan fingerprint density at radius 2 is 1.63 bits per heavy atom. The summed E-state index contributed by atoms with van der Waals surface area (Å²) in [4.78, 5) is 11.3. The second-order valence-electron chi connectivity index (χ2n) is 5.41. The molecule has 0 aromatic heterocycles. The number of hydrogen-bond acceptors (Lipinski definition) is 12. The van der Waals surface area contributed by atoms with Gasteiger partial charge in [-0.3, -0.25) is 0 Å². The molecule has 0 spiro atoms. The first-order valence-corrected chi connectivity index (χ1v) is 20.7. The van der Waals surface area contributed by atoms with E-state index >= 15 is 0 Å². The van der Waals surface area contributed by atoms with Gasteiger partial charge in [-0.1, -0.05) is 36.4 Å². The van der Waals surface area contributed by atoms with Crippen LogP contribution in [0, 0.1) is 0 Å². The molecule has 0 saturated heterocycles. The highest BCUT2D eigenvalue weighted by Crippen LogP contribution is 2.26. The zero-order chi connectivity index (χ0) is 23.2. The van der Waals surface area contributed by atoms with Crippen molar-refractivity contribution in [3.63, 3.8) is 0 Å². The van der Waals surface area contributed by atoms with Gasteiger partial charge in [-0.15, -0.1) is 12.6 Å². The van der Waals surface area contributed by atoms with Gasteiger partial charge < -0.3 is 19.3 Å². The average Bonchev–Trinajstić information content (AvgIpc) is 2.65. The maximum absolute atomic E-state index is 11.4. The van der Waals surface area contributed by atoms with Crippen molar-refractivity contribution >= 4 is 114 Å². The molecule has 1 rings (SSSR count). The normalized spacial score (nSPS) is 14.5. The first-order valence-electron chi connectivity index (χ1n) is 7.69. The van der Waals surface area contributed by atoms with E-state index in [-0.39, 0.29) is 24.7 Å². The number of rotatable bonds is 12. The van der Waals surface area contributed by atoms with Crippen LogP contribution in [-0.4, -0.2) is 42.4 Å². The van der Waals surface area contributed by atoms with E-state index in [0.717, 1.165) is 0 Å². The van der Waals surface area contributed by atoms with Crippen molar-refractivity contribution in [3.05, 3.63) is 41.8 Å². The molecule has 2 unspecified atom stereocenters. The molecule has 0 radical (unpaired) electrons. The molecule has 5 nitrogen and oxygen atoms in total. The highest BCUT2D eigenvalue weighted by Gasteiger charge is 2.31. The van der Waals surface area contributed by atoms with Crippen LogP contribution in [-0.2, 0) is 98.0 Å². The van der Waals surface area contributed by atoms with Crippen LogP contribution in [0.1, 0.15) is 0 Å². The maximum atomic E-state index is 11.4. The third kappa shape index (κ3) is 8.53. The maximum Gasteiger partial charge on any atom is 0.343 e. The summed E-state index contributed by atoms with van der Waals surface area (Å²) < 4.78 is 16.3. The molecular formula is C14H18O5S11. The van der Waals surface area contributed by atoms with Crippen molar-refractivity contribution in [3.8, 4) is 5.75 Å². The lowest BCUT2D eigenvalue weighted by Gasteiger charge is -2.28. The summed E-state index contributed by atoms with van der Waals surface area (Å²) in [7, 11) is 0. The Kier molecular flexibility index (Phi) is 12.3. The van der Waals surface area contributed by atoms with Crippen LogP contribution in [0.4, 0.5) is 0 Å². The Labute approximate surface area is 214 Å². The van der Waals surface area contributed by atoms with Crippen molar-refractivity contribution < 1.29 is 24.1 Å². The van der Waals surface area contributed by atoms with Gasteiger partial charge in [0.15, 0.2) is 5.44 Å². The SMILES string of the molecule is C=C(S)C(=O)OCC(O)COC(COc1ccccc1)S(=S)(=S)S(=S)(=S)S(=S)(=S)S. The molecule has 0 saturated carbocycles. The molecule has 1 aromatic rings.